The second-order valence-corrected chi connectivity index (χ2v) is 9.94. The molecule has 7 atom stereocenters. The Morgan fingerprint density at radius 1 is 1.17 bits per heavy atom. The molecule has 0 aliphatic heterocycles. The second-order valence-electron chi connectivity index (χ2n) is 9.94. The molecule has 4 aliphatic carbocycles. The number of hydrogen-bond acceptors (Lipinski definition) is 5. The first-order chi connectivity index (χ1) is 13.5. The molecule has 0 aromatic carbocycles. The number of carbonyl (C=O) groups is 3. The van der Waals surface area contributed by atoms with E-state index in [9.17, 15) is 19.8 Å². The van der Waals surface area contributed by atoms with Crippen molar-refractivity contribution in [3.05, 3.63) is 11.6 Å². The minimum atomic E-state index is -0.833. The molecule has 162 valence electrons. The van der Waals surface area contributed by atoms with Gasteiger partial charge in [0.2, 0.25) is 0 Å². The fourth-order valence-corrected chi connectivity index (χ4v) is 7.33. The molecule has 0 radical (unpaired) electrons. The van der Waals surface area contributed by atoms with Crippen LogP contribution in [0, 0.1) is 34.5 Å². The first-order valence-corrected chi connectivity index (χ1v) is 10.8. The number of Topliss-reactive ketones (excluding diaryl/α,β-unsaturated/α-hetero) is 1. The van der Waals surface area contributed by atoms with Crippen LogP contribution in [0.4, 0.5) is 0 Å². The fourth-order valence-electron chi connectivity index (χ4n) is 7.33. The second kappa shape index (κ2) is 7.95. The van der Waals surface area contributed by atoms with E-state index in [1.165, 1.54) is 5.57 Å². The van der Waals surface area contributed by atoms with Gasteiger partial charge in [-0.25, -0.2) is 0 Å². The van der Waals surface area contributed by atoms with Crippen LogP contribution in [0.3, 0.4) is 0 Å². The number of hydrogen-bond donors (Lipinski definition) is 3. The van der Waals surface area contributed by atoms with Crippen LogP contribution in [0.25, 0.3) is 0 Å². The Morgan fingerprint density at radius 3 is 2.45 bits per heavy atom. The summed E-state index contributed by atoms with van der Waals surface area (Å²) in [7, 11) is 0. The zero-order chi connectivity index (χ0) is 21.6. The Balaban J connectivity index is 0.000000552. The zero-order valence-electron chi connectivity index (χ0n) is 17.7. The van der Waals surface area contributed by atoms with Crippen LogP contribution in [0.15, 0.2) is 11.6 Å². The smallest absolute Gasteiger partial charge is 0.300 e. The highest BCUT2D eigenvalue weighted by Crippen LogP contribution is 2.66. The van der Waals surface area contributed by atoms with Crippen molar-refractivity contribution in [1.29, 1.82) is 0 Å². The van der Waals surface area contributed by atoms with Crippen LogP contribution in [-0.2, 0) is 14.4 Å². The van der Waals surface area contributed by atoms with Crippen LogP contribution < -0.4 is 0 Å². The number of aliphatic carboxylic acids is 1. The maximum atomic E-state index is 12.3. The van der Waals surface area contributed by atoms with Crippen LogP contribution in [0.5, 0.6) is 0 Å². The number of aliphatic hydroxyl groups excluding tert-OH is 2. The molecule has 0 amide bonds. The number of carboxylic acid groups (broad SMARTS) is 1. The Kier molecular flexibility index (Phi) is 6.08. The predicted octanol–water partition coefficient (Wildman–Crippen LogP) is 2.76. The normalized spacial score (nSPS) is 43.1. The number of ketones is 2. The molecule has 0 spiro atoms. The van der Waals surface area contributed by atoms with Crippen molar-refractivity contribution in [2.45, 2.75) is 71.8 Å². The molecule has 6 heteroatoms. The highest BCUT2D eigenvalue weighted by molar-refractivity contribution is 5.91. The highest BCUT2D eigenvalue weighted by atomic mass is 16.4. The van der Waals surface area contributed by atoms with Crippen molar-refractivity contribution < 1.29 is 29.7 Å². The average molecular weight is 407 g/mol. The minimum Gasteiger partial charge on any atom is -0.481 e. The Hall–Kier alpha value is -1.53. The lowest BCUT2D eigenvalue weighted by molar-refractivity contribution is -0.146. The summed E-state index contributed by atoms with van der Waals surface area (Å²) < 4.78 is 0. The minimum absolute atomic E-state index is 0.0541. The fraction of sp³-hybridized carbons (Fsp3) is 0.783. The van der Waals surface area contributed by atoms with Gasteiger partial charge in [0.15, 0.2) is 11.6 Å². The summed E-state index contributed by atoms with van der Waals surface area (Å²) in [5.74, 6) is 0.285. The van der Waals surface area contributed by atoms with Gasteiger partial charge in [0.05, 0.1) is 6.10 Å². The molecule has 3 fully saturated rings. The molecular weight excluding hydrogens is 372 g/mol. The summed E-state index contributed by atoms with van der Waals surface area (Å²) in [5.41, 5.74) is 0.979. The molecule has 29 heavy (non-hydrogen) atoms. The summed E-state index contributed by atoms with van der Waals surface area (Å²) >= 11 is 0. The lowest BCUT2D eigenvalue weighted by Crippen LogP contribution is -2.57. The summed E-state index contributed by atoms with van der Waals surface area (Å²) in [4.78, 5) is 33.2. The van der Waals surface area contributed by atoms with Crippen molar-refractivity contribution >= 4 is 17.5 Å². The first-order valence-electron chi connectivity index (χ1n) is 10.8. The molecule has 4 aliphatic rings. The van der Waals surface area contributed by atoms with Gasteiger partial charge in [0.1, 0.15) is 6.61 Å². The number of rotatable bonds is 2. The van der Waals surface area contributed by atoms with Crippen LogP contribution >= 0.6 is 0 Å². The van der Waals surface area contributed by atoms with E-state index in [4.69, 9.17) is 9.90 Å². The lowest BCUT2D eigenvalue weighted by atomic mass is 9.46. The number of fused-ring (bicyclic) bond motifs is 5. The molecule has 0 aromatic heterocycles. The molecule has 6 nitrogen and oxygen atoms in total. The lowest BCUT2D eigenvalue weighted by Gasteiger charge is -2.59. The molecule has 0 heterocycles. The van der Waals surface area contributed by atoms with Gasteiger partial charge >= 0.3 is 0 Å². The average Bonchev–Trinajstić information content (AvgIpc) is 2.97. The van der Waals surface area contributed by atoms with Crippen LogP contribution in [-0.4, -0.2) is 45.6 Å². The Morgan fingerprint density at radius 2 is 1.83 bits per heavy atom. The molecule has 0 saturated heterocycles. The van der Waals surface area contributed by atoms with Gasteiger partial charge in [-0.2, -0.15) is 0 Å². The van der Waals surface area contributed by atoms with Gasteiger partial charge in [0, 0.05) is 19.3 Å². The maximum Gasteiger partial charge on any atom is 0.300 e. The van der Waals surface area contributed by atoms with Gasteiger partial charge in [-0.05, 0) is 73.2 Å². The van der Waals surface area contributed by atoms with Crippen molar-refractivity contribution in [1.82, 2.24) is 0 Å². The Labute approximate surface area is 172 Å². The van der Waals surface area contributed by atoms with Crippen molar-refractivity contribution in [2.75, 3.05) is 6.61 Å². The van der Waals surface area contributed by atoms with Gasteiger partial charge in [-0.15, -0.1) is 0 Å². The topological polar surface area (TPSA) is 112 Å². The van der Waals surface area contributed by atoms with Gasteiger partial charge in [-0.3, -0.25) is 14.4 Å². The van der Waals surface area contributed by atoms with E-state index in [0.29, 0.717) is 24.7 Å². The molecular formula is C23H34O6. The third-order valence-electron chi connectivity index (χ3n) is 8.44. The van der Waals surface area contributed by atoms with Crippen molar-refractivity contribution in [3.63, 3.8) is 0 Å². The highest BCUT2D eigenvalue weighted by Gasteiger charge is 2.62. The molecule has 3 N–H and O–H groups in total. The monoisotopic (exact) mass is 406 g/mol. The van der Waals surface area contributed by atoms with E-state index in [0.717, 1.165) is 39.0 Å². The van der Waals surface area contributed by atoms with Crippen LogP contribution in [0.2, 0.25) is 0 Å². The SMILES string of the molecule is CC(=O)O.C[C@]12C[C@H](O)[C@H]3[C@@H](CCC4=CC(=O)CC[C@@]43C)[C@@H]1CC[C@@H]2C(=O)CO. The predicted molar refractivity (Wildman–Crippen MR) is 107 cm³/mol. The Bertz CT molecular complexity index is 723. The largest absolute Gasteiger partial charge is 0.481 e. The van der Waals surface area contributed by atoms with E-state index in [-0.39, 0.29) is 40.8 Å². The van der Waals surface area contributed by atoms with E-state index in [1.807, 2.05) is 6.08 Å². The van der Waals surface area contributed by atoms with Crippen molar-refractivity contribution in [3.8, 4) is 0 Å². The summed E-state index contributed by atoms with van der Waals surface area (Å²) in [6.45, 7) is 5.11. The number of aliphatic hydroxyl groups is 2. The summed E-state index contributed by atoms with van der Waals surface area (Å²) in [6, 6.07) is 0. The van der Waals surface area contributed by atoms with E-state index in [2.05, 4.69) is 13.8 Å². The van der Waals surface area contributed by atoms with Gasteiger partial charge < -0.3 is 15.3 Å². The zero-order valence-corrected chi connectivity index (χ0v) is 17.7. The summed E-state index contributed by atoms with van der Waals surface area (Å²) in [5, 5.41) is 28.0. The van der Waals surface area contributed by atoms with Gasteiger partial charge in [-0.1, -0.05) is 19.4 Å². The van der Waals surface area contributed by atoms with Crippen LogP contribution in [0.1, 0.15) is 65.7 Å². The quantitative estimate of drug-likeness (QED) is 0.650. The number of carbonyl (C=O) groups excluding carboxylic acids is 2. The molecule has 3 saturated carbocycles. The van der Waals surface area contributed by atoms with E-state index < -0.39 is 12.1 Å². The summed E-state index contributed by atoms with van der Waals surface area (Å²) in [6.07, 6.45) is 7.32. The van der Waals surface area contributed by atoms with Crippen molar-refractivity contribution in [2.24, 2.45) is 34.5 Å². The molecule has 0 aromatic rings. The first kappa shape index (κ1) is 22.2. The van der Waals surface area contributed by atoms with E-state index in [1.54, 1.807) is 0 Å². The van der Waals surface area contributed by atoms with Gasteiger partial charge in [0.25, 0.3) is 5.97 Å². The molecule has 4 rings (SSSR count). The maximum absolute atomic E-state index is 12.3. The standard InChI is InChI=1S/C21H30O4.C2H4O2/c1-20-8-7-13(23)9-12(20)3-4-14-15-5-6-16(18(25)11-22)21(15,2)10-17(24)19(14)20;1-2(3)4/h9,14-17,19,22,24H,3-8,10-11H2,1-2H3;1H3,(H,3,4)/t14-,15-,16+,17-,19+,20-,21-;/m0./s1. The third kappa shape index (κ3) is 3.70. The molecule has 0 unspecified atom stereocenters. The third-order valence-corrected chi connectivity index (χ3v) is 8.44. The molecule has 0 bridgehead atoms. The number of allylic oxidation sites excluding steroid dienone is 1. The van der Waals surface area contributed by atoms with E-state index >= 15 is 0 Å². The number of carboxylic acids is 1.